The molecule has 2 amide bonds. The lowest BCUT2D eigenvalue weighted by molar-refractivity contribution is -0.143. The summed E-state index contributed by atoms with van der Waals surface area (Å²) in [6.07, 6.45) is 9.82. The smallest absolute Gasteiger partial charge is 0.242 e. The van der Waals surface area contributed by atoms with E-state index in [0.29, 0.717) is 26.1 Å². The first-order valence-electron chi connectivity index (χ1n) is 12.5. The summed E-state index contributed by atoms with van der Waals surface area (Å²) in [6, 6.07) is 12.2. The summed E-state index contributed by atoms with van der Waals surface area (Å²) in [6.45, 7) is 6.09. The summed E-state index contributed by atoms with van der Waals surface area (Å²) in [5.74, 6) is 0.142. The van der Waals surface area contributed by atoms with Crippen molar-refractivity contribution in [3.8, 4) is 0 Å². The molecule has 1 aromatic carbocycles. The number of carbonyl (C=O) groups is 2. The largest absolute Gasteiger partial charge is 0.345 e. The zero-order valence-electron chi connectivity index (χ0n) is 20.1. The minimum absolute atomic E-state index is 0.0605. The number of aromatic nitrogens is 1. The Balaban J connectivity index is 1.79. The van der Waals surface area contributed by atoms with E-state index in [9.17, 15) is 9.59 Å². The van der Waals surface area contributed by atoms with E-state index in [0.717, 1.165) is 54.8 Å². The lowest BCUT2D eigenvalue weighted by Gasteiger charge is -2.36. The van der Waals surface area contributed by atoms with Gasteiger partial charge in [0.15, 0.2) is 0 Å². The average Bonchev–Trinajstić information content (AvgIpc) is 3.26. The van der Waals surface area contributed by atoms with Gasteiger partial charge in [-0.15, -0.1) is 0 Å². The molecule has 5 nitrogen and oxygen atoms in total. The molecule has 0 unspecified atom stereocenters. The van der Waals surface area contributed by atoms with Crippen LogP contribution in [-0.2, 0) is 22.7 Å². The van der Waals surface area contributed by atoms with Gasteiger partial charge >= 0.3 is 0 Å². The maximum atomic E-state index is 13.6. The fourth-order valence-electron chi connectivity index (χ4n) is 4.73. The van der Waals surface area contributed by atoms with Gasteiger partial charge in [-0.3, -0.25) is 9.59 Å². The standard InChI is InChI=1S/C27H38ClN3O2/c1-3-11-26(32)30(17-4-2)21-27(33)31(23-13-6-5-7-14-23)20-24-15-10-18-29(24)19-22-12-8-9-16-25(22)28/h8-10,12,15-16,18,23H,3-7,11,13-14,17,19-21H2,1-2H3. The van der Waals surface area contributed by atoms with Gasteiger partial charge in [0, 0.05) is 42.5 Å². The van der Waals surface area contributed by atoms with Crippen molar-refractivity contribution < 1.29 is 9.59 Å². The van der Waals surface area contributed by atoms with E-state index < -0.39 is 0 Å². The molecular formula is C27H38ClN3O2. The van der Waals surface area contributed by atoms with E-state index in [-0.39, 0.29) is 24.4 Å². The van der Waals surface area contributed by atoms with Crippen molar-refractivity contribution in [2.75, 3.05) is 13.1 Å². The molecule has 180 valence electrons. The Morgan fingerprint density at radius 2 is 1.76 bits per heavy atom. The molecule has 0 atom stereocenters. The Bertz CT molecular complexity index is 904. The first-order chi connectivity index (χ1) is 16.0. The number of benzene rings is 1. The molecule has 1 fully saturated rings. The zero-order chi connectivity index (χ0) is 23.6. The highest BCUT2D eigenvalue weighted by atomic mass is 35.5. The summed E-state index contributed by atoms with van der Waals surface area (Å²) < 4.78 is 2.18. The van der Waals surface area contributed by atoms with E-state index in [1.165, 1.54) is 6.42 Å². The normalized spacial score (nSPS) is 14.3. The monoisotopic (exact) mass is 471 g/mol. The molecule has 0 bridgehead atoms. The predicted octanol–water partition coefficient (Wildman–Crippen LogP) is 5.89. The summed E-state index contributed by atoms with van der Waals surface area (Å²) in [7, 11) is 0. The van der Waals surface area contributed by atoms with Crippen LogP contribution in [0.15, 0.2) is 42.6 Å². The summed E-state index contributed by atoms with van der Waals surface area (Å²) in [5, 5.41) is 0.752. The molecule has 33 heavy (non-hydrogen) atoms. The van der Waals surface area contributed by atoms with Crippen LogP contribution in [0.2, 0.25) is 5.02 Å². The molecule has 1 saturated carbocycles. The molecule has 0 spiro atoms. The second-order valence-corrected chi connectivity index (χ2v) is 9.50. The third-order valence-corrected chi connectivity index (χ3v) is 6.90. The minimum atomic E-state index is 0.0605. The molecule has 1 aromatic heterocycles. The van der Waals surface area contributed by atoms with Crippen molar-refractivity contribution in [2.45, 2.75) is 84.3 Å². The van der Waals surface area contributed by atoms with Gasteiger partial charge in [-0.1, -0.05) is 62.9 Å². The zero-order valence-corrected chi connectivity index (χ0v) is 20.9. The van der Waals surface area contributed by atoms with Crippen LogP contribution in [0, 0.1) is 0 Å². The third kappa shape index (κ3) is 7.10. The van der Waals surface area contributed by atoms with Crippen molar-refractivity contribution in [1.29, 1.82) is 0 Å². The van der Waals surface area contributed by atoms with Gasteiger partial charge in [0.05, 0.1) is 13.1 Å². The Kier molecular flexibility index (Phi) is 9.86. The van der Waals surface area contributed by atoms with E-state index in [2.05, 4.69) is 23.8 Å². The molecule has 3 rings (SSSR count). The highest BCUT2D eigenvalue weighted by molar-refractivity contribution is 6.31. The van der Waals surface area contributed by atoms with E-state index in [1.807, 2.05) is 42.2 Å². The minimum Gasteiger partial charge on any atom is -0.345 e. The summed E-state index contributed by atoms with van der Waals surface area (Å²) in [5.41, 5.74) is 2.15. The van der Waals surface area contributed by atoms with E-state index in [1.54, 1.807) is 4.90 Å². The van der Waals surface area contributed by atoms with Gasteiger partial charge in [-0.05, 0) is 49.4 Å². The third-order valence-electron chi connectivity index (χ3n) is 6.53. The Morgan fingerprint density at radius 1 is 1.00 bits per heavy atom. The Labute approximate surface area is 203 Å². The van der Waals surface area contributed by atoms with Crippen LogP contribution in [0.3, 0.4) is 0 Å². The maximum Gasteiger partial charge on any atom is 0.242 e. The average molecular weight is 472 g/mol. The predicted molar refractivity (Wildman–Crippen MR) is 134 cm³/mol. The van der Waals surface area contributed by atoms with E-state index >= 15 is 0 Å². The molecule has 1 aliphatic carbocycles. The highest BCUT2D eigenvalue weighted by Gasteiger charge is 2.28. The number of nitrogens with zero attached hydrogens (tertiary/aromatic N) is 3. The van der Waals surface area contributed by atoms with Crippen LogP contribution in [0.1, 0.15) is 76.5 Å². The van der Waals surface area contributed by atoms with Crippen LogP contribution in [-0.4, -0.2) is 45.3 Å². The van der Waals surface area contributed by atoms with Gasteiger partial charge in [0.25, 0.3) is 0 Å². The molecule has 1 aliphatic rings. The van der Waals surface area contributed by atoms with Gasteiger partial charge in [0.1, 0.15) is 0 Å². The second kappa shape index (κ2) is 12.8. The molecule has 0 radical (unpaired) electrons. The molecule has 0 saturated heterocycles. The first kappa shape index (κ1) is 25.4. The van der Waals surface area contributed by atoms with Crippen LogP contribution in [0.25, 0.3) is 0 Å². The fraction of sp³-hybridized carbons (Fsp3) is 0.556. The van der Waals surface area contributed by atoms with Gasteiger partial charge in [-0.25, -0.2) is 0 Å². The summed E-state index contributed by atoms with van der Waals surface area (Å²) in [4.78, 5) is 30.0. The lowest BCUT2D eigenvalue weighted by atomic mass is 9.94. The van der Waals surface area contributed by atoms with Crippen molar-refractivity contribution >= 4 is 23.4 Å². The number of hydrogen-bond donors (Lipinski definition) is 0. The molecule has 6 heteroatoms. The number of hydrogen-bond acceptors (Lipinski definition) is 2. The van der Waals surface area contributed by atoms with Crippen molar-refractivity contribution in [2.24, 2.45) is 0 Å². The molecule has 2 aromatic rings. The Hall–Kier alpha value is -2.27. The second-order valence-electron chi connectivity index (χ2n) is 9.10. The fourth-order valence-corrected chi connectivity index (χ4v) is 4.93. The van der Waals surface area contributed by atoms with Crippen molar-refractivity contribution in [3.05, 3.63) is 58.9 Å². The topological polar surface area (TPSA) is 45.6 Å². The quantitative estimate of drug-likeness (QED) is 0.410. The molecular weight excluding hydrogens is 434 g/mol. The number of rotatable bonds is 11. The van der Waals surface area contributed by atoms with Crippen LogP contribution in [0.4, 0.5) is 0 Å². The van der Waals surface area contributed by atoms with Crippen LogP contribution >= 0.6 is 11.6 Å². The number of halogens is 1. The lowest BCUT2D eigenvalue weighted by Crippen LogP contribution is -2.47. The first-order valence-corrected chi connectivity index (χ1v) is 12.9. The highest BCUT2D eigenvalue weighted by Crippen LogP contribution is 2.25. The molecule has 1 heterocycles. The molecule has 0 aliphatic heterocycles. The maximum absolute atomic E-state index is 13.6. The SMILES string of the molecule is CCCC(=O)N(CCC)CC(=O)N(Cc1cccn1Cc1ccccc1Cl)C1CCCCC1. The van der Waals surface area contributed by atoms with Crippen molar-refractivity contribution in [1.82, 2.24) is 14.4 Å². The van der Waals surface area contributed by atoms with Gasteiger partial charge < -0.3 is 14.4 Å². The number of carbonyl (C=O) groups excluding carboxylic acids is 2. The van der Waals surface area contributed by atoms with Crippen molar-refractivity contribution in [3.63, 3.8) is 0 Å². The van der Waals surface area contributed by atoms with Gasteiger partial charge in [-0.2, -0.15) is 0 Å². The van der Waals surface area contributed by atoms with Crippen LogP contribution in [0.5, 0.6) is 0 Å². The van der Waals surface area contributed by atoms with Crippen LogP contribution < -0.4 is 0 Å². The Morgan fingerprint density at radius 3 is 2.45 bits per heavy atom. The molecule has 0 N–H and O–H groups in total. The number of amides is 2. The van der Waals surface area contributed by atoms with Gasteiger partial charge in [0.2, 0.25) is 11.8 Å². The summed E-state index contributed by atoms with van der Waals surface area (Å²) >= 11 is 6.40. The van der Waals surface area contributed by atoms with E-state index in [4.69, 9.17) is 11.6 Å².